The Hall–Kier alpha value is -1.51. The molecule has 0 amide bonds. The van der Waals surface area contributed by atoms with Crippen LogP contribution in [0.2, 0.25) is 0 Å². The van der Waals surface area contributed by atoms with Crippen LogP contribution in [0.4, 0.5) is 4.39 Å². The van der Waals surface area contributed by atoms with Crippen molar-refractivity contribution < 1.29 is 27.8 Å². The first kappa shape index (κ1) is 15.9. The lowest BCUT2D eigenvalue weighted by Gasteiger charge is -2.20. The fourth-order valence-corrected chi connectivity index (χ4v) is 4.11. The minimum atomic E-state index is -4.05. The molecule has 2 rings (SSSR count). The smallest absolute Gasteiger partial charge is 0.335 e. The SMILES string of the molecule is Cc1c(F)cc(C(=O)O)cc1S(=O)(=O)N1CCC(C)(O)C1. The van der Waals surface area contributed by atoms with Crippen LogP contribution in [-0.4, -0.2) is 47.6 Å². The van der Waals surface area contributed by atoms with E-state index in [1.54, 1.807) is 0 Å². The molecule has 1 aliphatic rings. The number of β-amino-alcohol motifs (C(OH)–C–C–N with tert-alkyl or cyclic N) is 1. The van der Waals surface area contributed by atoms with Crippen LogP contribution in [0.25, 0.3) is 0 Å². The van der Waals surface area contributed by atoms with Crippen molar-refractivity contribution in [3.05, 3.63) is 29.1 Å². The fraction of sp³-hybridized carbons (Fsp3) is 0.462. The van der Waals surface area contributed by atoms with Crippen molar-refractivity contribution in [2.75, 3.05) is 13.1 Å². The summed E-state index contributed by atoms with van der Waals surface area (Å²) in [5.74, 6) is -2.29. The first-order valence-corrected chi connectivity index (χ1v) is 7.74. The third-order valence-corrected chi connectivity index (χ3v) is 5.55. The highest BCUT2D eigenvalue weighted by Crippen LogP contribution is 2.29. The Labute approximate surface area is 121 Å². The van der Waals surface area contributed by atoms with E-state index in [1.807, 2.05) is 0 Å². The van der Waals surface area contributed by atoms with Gasteiger partial charge in [-0.1, -0.05) is 0 Å². The number of aromatic carboxylic acids is 1. The van der Waals surface area contributed by atoms with Crippen molar-refractivity contribution in [2.45, 2.75) is 30.8 Å². The van der Waals surface area contributed by atoms with Gasteiger partial charge in [0, 0.05) is 18.7 Å². The van der Waals surface area contributed by atoms with Crippen molar-refractivity contribution >= 4 is 16.0 Å². The molecule has 0 bridgehead atoms. The second-order valence-electron chi connectivity index (χ2n) is 5.47. The number of rotatable bonds is 3. The van der Waals surface area contributed by atoms with Gasteiger partial charge in [0.2, 0.25) is 10.0 Å². The van der Waals surface area contributed by atoms with Gasteiger partial charge in [-0.3, -0.25) is 0 Å². The molecule has 2 N–H and O–H groups in total. The Kier molecular flexibility index (Phi) is 3.81. The summed E-state index contributed by atoms with van der Waals surface area (Å²) in [7, 11) is -4.05. The number of carboxylic acid groups (broad SMARTS) is 1. The summed E-state index contributed by atoms with van der Waals surface area (Å²) in [6.07, 6.45) is 0.270. The van der Waals surface area contributed by atoms with Crippen LogP contribution in [0.3, 0.4) is 0 Å². The number of hydrogen-bond acceptors (Lipinski definition) is 4. The van der Waals surface area contributed by atoms with E-state index in [0.717, 1.165) is 16.4 Å². The average molecular weight is 317 g/mol. The average Bonchev–Trinajstić information content (AvgIpc) is 2.73. The van der Waals surface area contributed by atoms with E-state index in [4.69, 9.17) is 5.11 Å². The maximum absolute atomic E-state index is 13.8. The Morgan fingerprint density at radius 2 is 2.05 bits per heavy atom. The zero-order valence-electron chi connectivity index (χ0n) is 11.6. The van der Waals surface area contributed by atoms with Gasteiger partial charge in [-0.15, -0.1) is 0 Å². The first-order valence-electron chi connectivity index (χ1n) is 6.30. The number of hydrogen-bond donors (Lipinski definition) is 2. The van der Waals surface area contributed by atoms with Crippen LogP contribution >= 0.6 is 0 Å². The summed E-state index contributed by atoms with van der Waals surface area (Å²) >= 11 is 0. The van der Waals surface area contributed by atoms with Crippen molar-refractivity contribution in [3.63, 3.8) is 0 Å². The number of benzene rings is 1. The third-order valence-electron chi connectivity index (χ3n) is 3.58. The van der Waals surface area contributed by atoms with Gasteiger partial charge in [-0.25, -0.2) is 17.6 Å². The van der Waals surface area contributed by atoms with Gasteiger partial charge in [-0.2, -0.15) is 4.31 Å². The summed E-state index contributed by atoms with van der Waals surface area (Å²) in [6, 6.07) is 1.74. The molecule has 1 fully saturated rings. The molecule has 0 aliphatic carbocycles. The maximum Gasteiger partial charge on any atom is 0.335 e. The predicted molar refractivity (Wildman–Crippen MR) is 72.1 cm³/mol. The zero-order valence-corrected chi connectivity index (χ0v) is 12.4. The first-order chi connectivity index (χ1) is 9.54. The van der Waals surface area contributed by atoms with E-state index in [9.17, 15) is 22.7 Å². The number of halogens is 1. The monoisotopic (exact) mass is 317 g/mol. The maximum atomic E-state index is 13.8. The van der Waals surface area contributed by atoms with Gasteiger partial charge in [0.25, 0.3) is 0 Å². The molecule has 1 aromatic rings. The van der Waals surface area contributed by atoms with E-state index < -0.39 is 33.0 Å². The van der Waals surface area contributed by atoms with Gasteiger partial charge in [-0.05, 0) is 32.4 Å². The second-order valence-corrected chi connectivity index (χ2v) is 7.38. The Morgan fingerprint density at radius 3 is 2.52 bits per heavy atom. The van der Waals surface area contributed by atoms with Crippen LogP contribution in [0.15, 0.2) is 17.0 Å². The van der Waals surface area contributed by atoms with Crippen LogP contribution in [0.1, 0.15) is 29.3 Å². The summed E-state index contributed by atoms with van der Waals surface area (Å²) in [5.41, 5.74) is -1.70. The van der Waals surface area contributed by atoms with Crippen molar-refractivity contribution in [3.8, 4) is 0 Å². The Morgan fingerprint density at radius 1 is 1.43 bits per heavy atom. The minimum Gasteiger partial charge on any atom is -0.478 e. The lowest BCUT2D eigenvalue weighted by atomic mass is 10.1. The third kappa shape index (κ3) is 2.92. The predicted octanol–water partition coefficient (Wildman–Crippen LogP) is 0.978. The van der Waals surface area contributed by atoms with E-state index in [-0.39, 0.29) is 30.0 Å². The Bertz CT molecular complexity index is 699. The quantitative estimate of drug-likeness (QED) is 0.866. The normalized spacial score (nSPS) is 23.4. The van der Waals surface area contributed by atoms with Gasteiger partial charge in [0.15, 0.2) is 0 Å². The van der Waals surface area contributed by atoms with E-state index in [0.29, 0.717) is 0 Å². The molecule has 116 valence electrons. The topological polar surface area (TPSA) is 94.9 Å². The molecule has 1 heterocycles. The van der Waals surface area contributed by atoms with E-state index >= 15 is 0 Å². The molecular formula is C13H16FNO5S. The molecule has 8 heteroatoms. The van der Waals surface area contributed by atoms with E-state index in [1.165, 1.54) is 13.8 Å². The number of carboxylic acids is 1. The molecule has 1 unspecified atom stereocenters. The molecule has 0 saturated carbocycles. The molecule has 1 saturated heterocycles. The highest BCUT2D eigenvalue weighted by molar-refractivity contribution is 7.89. The Balaban J connectivity index is 2.53. The van der Waals surface area contributed by atoms with Gasteiger partial charge in [0.05, 0.1) is 16.1 Å². The largest absolute Gasteiger partial charge is 0.478 e. The van der Waals surface area contributed by atoms with Crippen molar-refractivity contribution in [1.29, 1.82) is 0 Å². The summed E-state index contributed by atoms with van der Waals surface area (Å²) in [5, 5.41) is 18.8. The number of nitrogens with zero attached hydrogens (tertiary/aromatic N) is 1. The number of carbonyl (C=O) groups is 1. The molecular weight excluding hydrogens is 301 g/mol. The van der Waals surface area contributed by atoms with Crippen LogP contribution in [0.5, 0.6) is 0 Å². The minimum absolute atomic E-state index is 0.103. The van der Waals surface area contributed by atoms with E-state index in [2.05, 4.69) is 0 Å². The summed E-state index contributed by atoms with van der Waals surface area (Å²) < 4.78 is 39.9. The molecule has 1 aliphatic heterocycles. The van der Waals surface area contributed by atoms with Crippen LogP contribution < -0.4 is 0 Å². The van der Waals surface area contributed by atoms with Crippen LogP contribution in [0, 0.1) is 12.7 Å². The highest BCUT2D eigenvalue weighted by atomic mass is 32.2. The molecule has 0 spiro atoms. The van der Waals surface area contributed by atoms with Gasteiger partial charge < -0.3 is 10.2 Å². The molecule has 1 atom stereocenters. The van der Waals surface area contributed by atoms with Gasteiger partial charge >= 0.3 is 5.97 Å². The molecule has 0 aromatic heterocycles. The number of aliphatic hydroxyl groups is 1. The van der Waals surface area contributed by atoms with Crippen molar-refractivity contribution in [1.82, 2.24) is 4.31 Å². The molecule has 0 radical (unpaired) electrons. The molecule has 1 aromatic carbocycles. The summed E-state index contributed by atoms with van der Waals surface area (Å²) in [6.45, 7) is 2.80. The highest BCUT2D eigenvalue weighted by Gasteiger charge is 2.39. The second kappa shape index (κ2) is 5.04. The fourth-order valence-electron chi connectivity index (χ4n) is 2.29. The lowest BCUT2D eigenvalue weighted by Crippen LogP contribution is -2.34. The summed E-state index contributed by atoms with van der Waals surface area (Å²) in [4.78, 5) is 10.6. The van der Waals surface area contributed by atoms with Crippen molar-refractivity contribution in [2.24, 2.45) is 0 Å². The van der Waals surface area contributed by atoms with Crippen LogP contribution in [-0.2, 0) is 10.0 Å². The lowest BCUT2D eigenvalue weighted by molar-refractivity contribution is 0.0695. The number of sulfonamides is 1. The zero-order chi connectivity index (χ0) is 16.0. The molecule has 6 nitrogen and oxygen atoms in total. The standard InChI is InChI=1S/C13H16FNO5S/c1-8-10(14)5-9(12(16)17)6-11(8)21(19,20)15-4-3-13(2,18)7-15/h5-6,18H,3-4,7H2,1-2H3,(H,16,17). The molecule has 21 heavy (non-hydrogen) atoms. The van der Waals surface area contributed by atoms with Gasteiger partial charge in [0.1, 0.15) is 5.82 Å².